The molecule has 1 N–H and O–H groups in total. The van der Waals surface area contributed by atoms with Crippen molar-refractivity contribution in [3.8, 4) is 5.88 Å². The van der Waals surface area contributed by atoms with Crippen molar-refractivity contribution >= 4 is 11.8 Å². The third-order valence-corrected chi connectivity index (χ3v) is 3.24. The predicted molar refractivity (Wildman–Crippen MR) is 80.0 cm³/mol. The van der Waals surface area contributed by atoms with Gasteiger partial charge in [0.15, 0.2) is 11.5 Å². The summed E-state index contributed by atoms with van der Waals surface area (Å²) in [7, 11) is 0. The molecule has 1 aromatic rings. The standard InChI is InChI=1S/C15H23N3O3/c1-15(2,3)10-21-13-12(18-7-5-4-6-8-18)16-9-11(17-13)14(19)20/h9H,4-8,10H2,1-3H3,(H,19,20). The van der Waals surface area contributed by atoms with E-state index in [1.54, 1.807) is 0 Å². The minimum absolute atomic E-state index is 0.0277. The predicted octanol–water partition coefficient (Wildman–Crippen LogP) is 2.59. The molecule has 6 heteroatoms. The van der Waals surface area contributed by atoms with E-state index in [1.165, 1.54) is 12.6 Å². The monoisotopic (exact) mass is 293 g/mol. The summed E-state index contributed by atoms with van der Waals surface area (Å²) < 4.78 is 5.77. The molecule has 0 saturated carbocycles. The first-order chi connectivity index (χ1) is 9.87. The number of nitrogens with zero attached hydrogens (tertiary/aromatic N) is 3. The lowest BCUT2D eigenvalue weighted by Crippen LogP contribution is -2.31. The van der Waals surface area contributed by atoms with Gasteiger partial charge in [-0.1, -0.05) is 20.8 Å². The van der Waals surface area contributed by atoms with E-state index in [2.05, 4.69) is 35.6 Å². The summed E-state index contributed by atoms with van der Waals surface area (Å²) in [4.78, 5) is 21.6. The molecule has 0 radical (unpaired) electrons. The number of aromatic nitrogens is 2. The van der Waals surface area contributed by atoms with Crippen LogP contribution in [0, 0.1) is 5.41 Å². The van der Waals surface area contributed by atoms with Crippen LogP contribution in [0.15, 0.2) is 6.20 Å². The molecule has 21 heavy (non-hydrogen) atoms. The molecule has 0 aromatic carbocycles. The number of hydrogen-bond acceptors (Lipinski definition) is 5. The zero-order valence-corrected chi connectivity index (χ0v) is 12.9. The summed E-state index contributed by atoms with van der Waals surface area (Å²) in [6.07, 6.45) is 4.74. The maximum absolute atomic E-state index is 11.1. The highest BCUT2D eigenvalue weighted by molar-refractivity contribution is 5.85. The molecular formula is C15H23N3O3. The lowest BCUT2D eigenvalue weighted by molar-refractivity contribution is 0.0688. The van der Waals surface area contributed by atoms with Crippen LogP contribution < -0.4 is 9.64 Å². The van der Waals surface area contributed by atoms with Crippen LogP contribution in [0.2, 0.25) is 0 Å². The van der Waals surface area contributed by atoms with Gasteiger partial charge >= 0.3 is 5.97 Å². The minimum Gasteiger partial charge on any atom is -0.476 e. The van der Waals surface area contributed by atoms with E-state index in [1.807, 2.05) is 0 Å². The lowest BCUT2D eigenvalue weighted by Gasteiger charge is -2.29. The smallest absolute Gasteiger partial charge is 0.356 e. The highest BCUT2D eigenvalue weighted by Gasteiger charge is 2.22. The molecule has 0 amide bonds. The topological polar surface area (TPSA) is 75.5 Å². The van der Waals surface area contributed by atoms with Gasteiger partial charge in [-0.15, -0.1) is 0 Å². The zero-order chi connectivity index (χ0) is 15.5. The SMILES string of the molecule is CC(C)(C)COc1nc(C(=O)O)cnc1N1CCCCC1. The molecule has 2 rings (SSSR count). The first kappa shape index (κ1) is 15.5. The van der Waals surface area contributed by atoms with Crippen LogP contribution in [0.5, 0.6) is 5.88 Å². The van der Waals surface area contributed by atoms with Gasteiger partial charge in [0.05, 0.1) is 12.8 Å². The molecule has 0 atom stereocenters. The molecule has 0 aliphatic carbocycles. The maximum atomic E-state index is 11.1. The van der Waals surface area contributed by atoms with Gasteiger partial charge in [0.25, 0.3) is 5.88 Å². The largest absolute Gasteiger partial charge is 0.476 e. The van der Waals surface area contributed by atoms with Crippen LogP contribution in [0.1, 0.15) is 50.5 Å². The number of piperidine rings is 1. The number of aromatic carboxylic acids is 1. The summed E-state index contributed by atoms with van der Waals surface area (Å²) in [5.74, 6) is -0.107. The Morgan fingerprint density at radius 1 is 1.33 bits per heavy atom. The Labute approximate surface area is 125 Å². The Hall–Kier alpha value is -1.85. The molecule has 1 aromatic heterocycles. The van der Waals surface area contributed by atoms with Gasteiger partial charge in [-0.3, -0.25) is 0 Å². The maximum Gasteiger partial charge on any atom is 0.356 e. The van der Waals surface area contributed by atoms with Gasteiger partial charge in [0.1, 0.15) is 0 Å². The van der Waals surface area contributed by atoms with Crippen molar-refractivity contribution in [2.75, 3.05) is 24.6 Å². The highest BCUT2D eigenvalue weighted by atomic mass is 16.5. The van der Waals surface area contributed by atoms with Crippen LogP contribution >= 0.6 is 0 Å². The molecule has 1 aliphatic heterocycles. The summed E-state index contributed by atoms with van der Waals surface area (Å²) in [5, 5.41) is 9.07. The van der Waals surface area contributed by atoms with Crippen molar-refractivity contribution in [3.63, 3.8) is 0 Å². The van der Waals surface area contributed by atoms with E-state index in [0.717, 1.165) is 25.9 Å². The van der Waals surface area contributed by atoms with Gasteiger partial charge < -0.3 is 14.7 Å². The van der Waals surface area contributed by atoms with E-state index in [9.17, 15) is 4.79 Å². The fourth-order valence-electron chi connectivity index (χ4n) is 2.17. The van der Waals surface area contributed by atoms with Crippen LogP contribution in [0.4, 0.5) is 5.82 Å². The van der Waals surface area contributed by atoms with Gasteiger partial charge in [-0.05, 0) is 24.7 Å². The van der Waals surface area contributed by atoms with Crippen molar-refractivity contribution in [2.24, 2.45) is 5.41 Å². The van der Waals surface area contributed by atoms with Crippen LogP contribution in [0.3, 0.4) is 0 Å². The molecule has 0 bridgehead atoms. The number of ether oxygens (including phenoxy) is 1. The molecule has 1 aliphatic rings. The molecule has 1 fully saturated rings. The number of carboxylic acids is 1. The van der Waals surface area contributed by atoms with Crippen LogP contribution in [-0.4, -0.2) is 40.7 Å². The van der Waals surface area contributed by atoms with E-state index in [0.29, 0.717) is 18.3 Å². The third kappa shape index (κ3) is 4.31. The van der Waals surface area contributed by atoms with E-state index >= 15 is 0 Å². The molecule has 6 nitrogen and oxygen atoms in total. The van der Waals surface area contributed by atoms with Crippen LogP contribution in [-0.2, 0) is 0 Å². The zero-order valence-electron chi connectivity index (χ0n) is 12.9. The average Bonchev–Trinajstić information content (AvgIpc) is 2.45. The quantitative estimate of drug-likeness (QED) is 0.919. The second-order valence-electron chi connectivity index (χ2n) is 6.59. The number of anilines is 1. The number of hydrogen-bond donors (Lipinski definition) is 1. The van der Waals surface area contributed by atoms with E-state index < -0.39 is 5.97 Å². The lowest BCUT2D eigenvalue weighted by atomic mass is 9.99. The fourth-order valence-corrected chi connectivity index (χ4v) is 2.17. The second-order valence-corrected chi connectivity index (χ2v) is 6.59. The van der Waals surface area contributed by atoms with Crippen molar-refractivity contribution in [3.05, 3.63) is 11.9 Å². The van der Waals surface area contributed by atoms with E-state index in [-0.39, 0.29) is 11.1 Å². The Morgan fingerprint density at radius 3 is 2.57 bits per heavy atom. The fraction of sp³-hybridized carbons (Fsp3) is 0.667. The number of carbonyl (C=O) groups is 1. The third-order valence-electron chi connectivity index (χ3n) is 3.24. The van der Waals surface area contributed by atoms with Crippen LogP contribution in [0.25, 0.3) is 0 Å². The summed E-state index contributed by atoms with van der Waals surface area (Å²) in [6.45, 7) is 8.46. The number of carboxylic acid groups (broad SMARTS) is 1. The highest BCUT2D eigenvalue weighted by Crippen LogP contribution is 2.28. The molecule has 1 saturated heterocycles. The van der Waals surface area contributed by atoms with Gasteiger partial charge in [0.2, 0.25) is 0 Å². The Kier molecular flexibility index (Phi) is 4.65. The van der Waals surface area contributed by atoms with Crippen molar-refractivity contribution in [1.82, 2.24) is 9.97 Å². The molecular weight excluding hydrogens is 270 g/mol. The Bertz CT molecular complexity index is 505. The summed E-state index contributed by atoms with van der Waals surface area (Å²) >= 11 is 0. The minimum atomic E-state index is -1.09. The second kappa shape index (κ2) is 6.28. The van der Waals surface area contributed by atoms with Gasteiger partial charge in [-0.2, -0.15) is 0 Å². The van der Waals surface area contributed by atoms with Gasteiger partial charge in [0, 0.05) is 13.1 Å². The van der Waals surface area contributed by atoms with Crippen molar-refractivity contribution in [1.29, 1.82) is 0 Å². The first-order valence-electron chi connectivity index (χ1n) is 7.35. The molecule has 0 spiro atoms. The average molecular weight is 293 g/mol. The molecule has 2 heterocycles. The van der Waals surface area contributed by atoms with Crippen molar-refractivity contribution in [2.45, 2.75) is 40.0 Å². The van der Waals surface area contributed by atoms with Gasteiger partial charge in [-0.25, -0.2) is 14.8 Å². The Morgan fingerprint density at radius 2 is 2.00 bits per heavy atom. The molecule has 0 unspecified atom stereocenters. The first-order valence-corrected chi connectivity index (χ1v) is 7.35. The van der Waals surface area contributed by atoms with E-state index in [4.69, 9.17) is 9.84 Å². The normalized spacial score (nSPS) is 15.9. The molecule has 116 valence electrons. The van der Waals surface area contributed by atoms with Crippen molar-refractivity contribution < 1.29 is 14.6 Å². The summed E-state index contributed by atoms with van der Waals surface area (Å²) in [6, 6.07) is 0. The Balaban J connectivity index is 2.26. The number of rotatable bonds is 4. The summed E-state index contributed by atoms with van der Waals surface area (Å²) in [5.41, 5.74) is -0.111.